The highest BCUT2D eigenvalue weighted by atomic mass is 32.1. The fourth-order valence-corrected chi connectivity index (χ4v) is 1.77. The number of carbonyl (C=O) groups excluding carboxylic acids is 1. The number of thiocarbonyl (C=S) groups is 1. The second-order valence-electron chi connectivity index (χ2n) is 4.43. The van der Waals surface area contributed by atoms with Crippen LogP contribution in [-0.2, 0) is 9.53 Å². The molecule has 0 aliphatic heterocycles. The van der Waals surface area contributed by atoms with Crippen molar-refractivity contribution in [3.8, 4) is 6.07 Å². The zero-order valence-electron chi connectivity index (χ0n) is 12.0. The summed E-state index contributed by atoms with van der Waals surface area (Å²) in [4.78, 5) is 11.4. The first-order valence-corrected chi connectivity index (χ1v) is 7.27. The molecule has 1 aromatic rings. The van der Waals surface area contributed by atoms with E-state index in [0.717, 1.165) is 19.3 Å². The van der Waals surface area contributed by atoms with Gasteiger partial charge in [0.05, 0.1) is 18.2 Å². The number of rotatable bonds is 7. The van der Waals surface area contributed by atoms with Gasteiger partial charge in [0.25, 0.3) is 0 Å². The largest absolute Gasteiger partial charge is 0.464 e. The number of nitriles is 1. The predicted molar refractivity (Wildman–Crippen MR) is 85.9 cm³/mol. The first-order valence-electron chi connectivity index (χ1n) is 6.86. The molecule has 0 atom stereocenters. The SMILES string of the molecule is CCCCCOC(=O)CNC(=S)Nc1cccc(C#N)c1. The summed E-state index contributed by atoms with van der Waals surface area (Å²) in [7, 11) is 0. The molecule has 0 aromatic heterocycles. The number of unbranched alkanes of at least 4 members (excludes halogenated alkanes) is 2. The van der Waals surface area contributed by atoms with Crippen LogP contribution in [0.4, 0.5) is 5.69 Å². The van der Waals surface area contributed by atoms with Gasteiger partial charge in [0, 0.05) is 5.69 Å². The average Bonchev–Trinajstić information content (AvgIpc) is 2.50. The fourth-order valence-electron chi connectivity index (χ4n) is 1.58. The molecule has 0 spiro atoms. The van der Waals surface area contributed by atoms with Crippen LogP contribution >= 0.6 is 12.2 Å². The fraction of sp³-hybridized carbons (Fsp3) is 0.400. The van der Waals surface area contributed by atoms with E-state index in [2.05, 4.69) is 17.6 Å². The molecule has 0 amide bonds. The van der Waals surface area contributed by atoms with Crippen molar-refractivity contribution < 1.29 is 9.53 Å². The van der Waals surface area contributed by atoms with E-state index in [1.807, 2.05) is 6.07 Å². The molecule has 0 unspecified atom stereocenters. The normalized spacial score (nSPS) is 9.52. The van der Waals surface area contributed by atoms with Crippen LogP contribution in [0.5, 0.6) is 0 Å². The number of hydrogen-bond acceptors (Lipinski definition) is 4. The van der Waals surface area contributed by atoms with Gasteiger partial charge in [-0.3, -0.25) is 4.79 Å². The van der Waals surface area contributed by atoms with Gasteiger partial charge >= 0.3 is 5.97 Å². The predicted octanol–water partition coefficient (Wildman–Crippen LogP) is 2.58. The van der Waals surface area contributed by atoms with Crippen LogP contribution in [0.1, 0.15) is 31.7 Å². The van der Waals surface area contributed by atoms with Gasteiger partial charge in [0.15, 0.2) is 5.11 Å². The van der Waals surface area contributed by atoms with Crippen molar-refractivity contribution in [2.45, 2.75) is 26.2 Å². The lowest BCUT2D eigenvalue weighted by atomic mass is 10.2. The quantitative estimate of drug-likeness (QED) is 0.458. The van der Waals surface area contributed by atoms with E-state index in [0.29, 0.717) is 23.0 Å². The molecule has 0 saturated heterocycles. The first kappa shape index (κ1) is 16.9. The van der Waals surface area contributed by atoms with Crippen LogP contribution in [0.2, 0.25) is 0 Å². The molecule has 112 valence electrons. The Morgan fingerprint density at radius 1 is 1.43 bits per heavy atom. The number of ether oxygens (including phenoxy) is 1. The molecule has 6 heteroatoms. The van der Waals surface area contributed by atoms with Crippen LogP contribution in [-0.4, -0.2) is 24.2 Å². The van der Waals surface area contributed by atoms with Crippen molar-refractivity contribution >= 4 is 29.0 Å². The second-order valence-corrected chi connectivity index (χ2v) is 4.84. The minimum absolute atomic E-state index is 0.0237. The molecular formula is C15H19N3O2S. The van der Waals surface area contributed by atoms with E-state index in [1.165, 1.54) is 0 Å². The highest BCUT2D eigenvalue weighted by Crippen LogP contribution is 2.09. The van der Waals surface area contributed by atoms with E-state index in [9.17, 15) is 4.79 Å². The van der Waals surface area contributed by atoms with Gasteiger partial charge in [-0.2, -0.15) is 5.26 Å². The number of benzene rings is 1. The molecular weight excluding hydrogens is 286 g/mol. The first-order chi connectivity index (χ1) is 10.2. The maximum atomic E-state index is 11.4. The third kappa shape index (κ3) is 7.28. The molecule has 0 aliphatic rings. The highest BCUT2D eigenvalue weighted by Gasteiger charge is 2.04. The minimum Gasteiger partial charge on any atom is -0.464 e. The molecule has 0 saturated carbocycles. The Labute approximate surface area is 130 Å². The molecule has 0 radical (unpaired) electrons. The summed E-state index contributed by atoms with van der Waals surface area (Å²) >= 11 is 5.08. The Balaban J connectivity index is 2.27. The van der Waals surface area contributed by atoms with Crippen LogP contribution in [0.15, 0.2) is 24.3 Å². The molecule has 0 aliphatic carbocycles. The van der Waals surface area contributed by atoms with E-state index < -0.39 is 0 Å². The zero-order chi connectivity index (χ0) is 15.5. The Morgan fingerprint density at radius 3 is 2.95 bits per heavy atom. The van der Waals surface area contributed by atoms with E-state index in [1.54, 1.807) is 24.3 Å². The zero-order valence-corrected chi connectivity index (χ0v) is 12.8. The third-order valence-corrected chi connectivity index (χ3v) is 2.90. The average molecular weight is 305 g/mol. The summed E-state index contributed by atoms with van der Waals surface area (Å²) in [5.41, 5.74) is 1.24. The molecule has 0 fully saturated rings. The number of nitrogens with zero attached hydrogens (tertiary/aromatic N) is 1. The summed E-state index contributed by atoms with van der Waals surface area (Å²) in [6.45, 7) is 2.56. The van der Waals surface area contributed by atoms with Gasteiger partial charge in [-0.05, 0) is 36.8 Å². The van der Waals surface area contributed by atoms with Crippen LogP contribution in [0.3, 0.4) is 0 Å². The van der Waals surface area contributed by atoms with E-state index in [4.69, 9.17) is 22.2 Å². The molecule has 1 aromatic carbocycles. The number of nitrogens with one attached hydrogen (secondary N) is 2. The van der Waals surface area contributed by atoms with Crippen molar-refractivity contribution in [1.82, 2.24) is 5.32 Å². The second kappa shape index (κ2) is 9.72. The van der Waals surface area contributed by atoms with Gasteiger partial charge in [-0.1, -0.05) is 25.8 Å². The summed E-state index contributed by atoms with van der Waals surface area (Å²) in [5, 5.41) is 14.8. The van der Waals surface area contributed by atoms with Crippen molar-refractivity contribution in [3.63, 3.8) is 0 Å². The number of anilines is 1. The van der Waals surface area contributed by atoms with E-state index in [-0.39, 0.29) is 12.5 Å². The van der Waals surface area contributed by atoms with Crippen molar-refractivity contribution in [2.24, 2.45) is 0 Å². The van der Waals surface area contributed by atoms with Gasteiger partial charge in [-0.15, -0.1) is 0 Å². The van der Waals surface area contributed by atoms with Crippen LogP contribution < -0.4 is 10.6 Å². The molecule has 1 rings (SSSR count). The van der Waals surface area contributed by atoms with Gasteiger partial charge < -0.3 is 15.4 Å². The third-order valence-electron chi connectivity index (χ3n) is 2.65. The Bertz CT molecular complexity index is 526. The van der Waals surface area contributed by atoms with Gasteiger partial charge in [0.1, 0.15) is 6.54 Å². The summed E-state index contributed by atoms with van der Waals surface area (Å²) in [6.07, 6.45) is 3.02. The molecule has 0 heterocycles. The Kier molecular flexibility index (Phi) is 7.84. The minimum atomic E-state index is -0.332. The maximum absolute atomic E-state index is 11.4. The van der Waals surface area contributed by atoms with Crippen LogP contribution in [0, 0.1) is 11.3 Å². The van der Waals surface area contributed by atoms with Crippen molar-refractivity contribution in [2.75, 3.05) is 18.5 Å². The summed E-state index contributed by atoms with van der Waals surface area (Å²) in [5.74, 6) is -0.332. The number of hydrogen-bond donors (Lipinski definition) is 2. The Hall–Kier alpha value is -2.13. The number of esters is 1. The monoisotopic (exact) mass is 305 g/mol. The molecule has 0 bridgehead atoms. The van der Waals surface area contributed by atoms with Crippen LogP contribution in [0.25, 0.3) is 0 Å². The lowest BCUT2D eigenvalue weighted by Gasteiger charge is -2.10. The van der Waals surface area contributed by atoms with Gasteiger partial charge in [-0.25, -0.2) is 0 Å². The summed E-state index contributed by atoms with van der Waals surface area (Å²) in [6, 6.07) is 8.97. The van der Waals surface area contributed by atoms with Crippen molar-refractivity contribution in [1.29, 1.82) is 5.26 Å². The molecule has 2 N–H and O–H groups in total. The maximum Gasteiger partial charge on any atom is 0.325 e. The van der Waals surface area contributed by atoms with Crippen molar-refractivity contribution in [3.05, 3.63) is 29.8 Å². The van der Waals surface area contributed by atoms with E-state index >= 15 is 0 Å². The molecule has 5 nitrogen and oxygen atoms in total. The molecule has 21 heavy (non-hydrogen) atoms. The topological polar surface area (TPSA) is 74.2 Å². The number of carbonyl (C=O) groups is 1. The summed E-state index contributed by atoms with van der Waals surface area (Å²) < 4.78 is 5.05. The lowest BCUT2D eigenvalue weighted by Crippen LogP contribution is -2.34. The Morgan fingerprint density at radius 2 is 2.24 bits per heavy atom. The standard InChI is InChI=1S/C15H19N3O2S/c1-2-3-4-8-20-14(19)11-17-15(21)18-13-7-5-6-12(9-13)10-16/h5-7,9H,2-4,8,11H2,1H3,(H2,17,18,21). The highest BCUT2D eigenvalue weighted by molar-refractivity contribution is 7.80. The smallest absolute Gasteiger partial charge is 0.325 e. The lowest BCUT2D eigenvalue weighted by molar-refractivity contribution is -0.142. The van der Waals surface area contributed by atoms with Gasteiger partial charge in [0.2, 0.25) is 0 Å².